The number of fused-ring (bicyclic) bond motifs is 5. The molecule has 0 amide bonds. The van der Waals surface area contributed by atoms with E-state index in [0.717, 1.165) is 48.9 Å². The molecule has 5 aliphatic rings. The topological polar surface area (TPSA) is 80.9 Å². The summed E-state index contributed by atoms with van der Waals surface area (Å²) in [5, 5.41) is 22.5. The summed E-state index contributed by atoms with van der Waals surface area (Å²) in [5.41, 5.74) is -0.312. The second kappa shape index (κ2) is 7.10. The zero-order valence-corrected chi connectivity index (χ0v) is 19.1. The van der Waals surface area contributed by atoms with Gasteiger partial charge in [0.25, 0.3) is 0 Å². The molecule has 0 radical (unpaired) electrons. The number of Topliss-reactive ketones (excluding diaryl/α,β-unsaturated/α-hetero) is 1. The van der Waals surface area contributed by atoms with Crippen molar-refractivity contribution in [2.45, 2.75) is 90.2 Å². The zero-order chi connectivity index (χ0) is 21.4. The molecule has 1 aromatic rings. The molecule has 5 fully saturated rings. The molecule has 0 aromatic carbocycles. The van der Waals surface area contributed by atoms with Crippen molar-refractivity contribution in [1.82, 2.24) is 20.2 Å². The van der Waals surface area contributed by atoms with Gasteiger partial charge in [-0.2, -0.15) is 4.80 Å². The van der Waals surface area contributed by atoms with Crippen LogP contribution in [0.2, 0.25) is 0 Å². The molecule has 170 valence electrons. The number of ketones is 1. The summed E-state index contributed by atoms with van der Waals surface area (Å²) in [6.07, 6.45) is 13.5. The molecule has 1 N–H and O–H groups in total. The molecule has 1 unspecified atom stereocenters. The summed E-state index contributed by atoms with van der Waals surface area (Å²) < 4.78 is 0. The van der Waals surface area contributed by atoms with Gasteiger partial charge in [-0.1, -0.05) is 6.92 Å². The summed E-state index contributed by atoms with van der Waals surface area (Å²) in [7, 11) is 0. The van der Waals surface area contributed by atoms with Crippen LogP contribution in [0.15, 0.2) is 6.33 Å². The molecule has 0 saturated heterocycles. The number of hydrogen-bond donors (Lipinski definition) is 1. The van der Waals surface area contributed by atoms with E-state index in [-0.39, 0.29) is 17.9 Å². The van der Waals surface area contributed by atoms with Crippen LogP contribution in [0, 0.1) is 52.8 Å². The maximum absolute atomic E-state index is 13.5. The molecule has 0 bridgehead atoms. The number of hydrogen-bond acceptors (Lipinski definition) is 5. The lowest BCUT2D eigenvalue weighted by atomic mass is 9.48. The highest BCUT2D eigenvalue weighted by atomic mass is 16.3. The van der Waals surface area contributed by atoms with Crippen molar-refractivity contribution in [3.05, 3.63) is 6.33 Å². The quantitative estimate of drug-likeness (QED) is 0.790. The van der Waals surface area contributed by atoms with Gasteiger partial charge >= 0.3 is 0 Å². The number of carbonyl (C=O) groups excluding carboxylic acids is 1. The summed E-state index contributed by atoms with van der Waals surface area (Å²) >= 11 is 0. The van der Waals surface area contributed by atoms with E-state index in [1.807, 2.05) is 6.92 Å². The predicted octanol–water partition coefficient (Wildman–Crippen LogP) is 3.90. The maximum Gasteiger partial charge on any atom is 0.162 e. The molecule has 1 heterocycles. The minimum atomic E-state index is -0.450. The van der Waals surface area contributed by atoms with Gasteiger partial charge in [0, 0.05) is 5.92 Å². The second-order valence-electron chi connectivity index (χ2n) is 12.4. The fourth-order valence-electron chi connectivity index (χ4n) is 9.28. The number of rotatable bonds is 4. The van der Waals surface area contributed by atoms with E-state index in [9.17, 15) is 9.90 Å². The first-order valence-electron chi connectivity index (χ1n) is 12.8. The van der Waals surface area contributed by atoms with Gasteiger partial charge in [-0.25, -0.2) is 0 Å². The Kier molecular flexibility index (Phi) is 4.65. The van der Waals surface area contributed by atoms with Crippen molar-refractivity contribution >= 4 is 5.78 Å². The predicted molar refractivity (Wildman–Crippen MR) is 116 cm³/mol. The van der Waals surface area contributed by atoms with E-state index in [1.54, 1.807) is 0 Å². The van der Waals surface area contributed by atoms with E-state index in [1.165, 1.54) is 56.1 Å². The van der Waals surface area contributed by atoms with Crippen LogP contribution in [0.3, 0.4) is 0 Å². The summed E-state index contributed by atoms with van der Waals surface area (Å²) in [4.78, 5) is 14.9. The van der Waals surface area contributed by atoms with E-state index < -0.39 is 5.60 Å². The molecular formula is C25H38N4O2. The third-order valence-corrected chi connectivity index (χ3v) is 10.6. The molecule has 6 nitrogen and oxygen atoms in total. The van der Waals surface area contributed by atoms with E-state index in [0.29, 0.717) is 17.6 Å². The Morgan fingerprint density at radius 3 is 2.52 bits per heavy atom. The normalized spacial score (nSPS) is 49.2. The molecule has 31 heavy (non-hydrogen) atoms. The third kappa shape index (κ3) is 3.30. The van der Waals surface area contributed by atoms with Crippen LogP contribution in [0.4, 0.5) is 0 Å². The largest absolute Gasteiger partial charge is 0.390 e. The highest BCUT2D eigenvalue weighted by Gasteiger charge is 2.63. The highest BCUT2D eigenvalue weighted by molar-refractivity contribution is 5.82. The van der Waals surface area contributed by atoms with Gasteiger partial charge in [-0.3, -0.25) is 4.79 Å². The molecule has 0 aliphatic heterocycles. The van der Waals surface area contributed by atoms with Crippen molar-refractivity contribution in [2.75, 3.05) is 0 Å². The second-order valence-corrected chi connectivity index (χ2v) is 12.4. The van der Waals surface area contributed by atoms with Crippen LogP contribution >= 0.6 is 0 Å². The Balaban J connectivity index is 1.27. The summed E-state index contributed by atoms with van der Waals surface area (Å²) in [5.74, 6) is 5.91. The van der Waals surface area contributed by atoms with Gasteiger partial charge < -0.3 is 5.11 Å². The van der Waals surface area contributed by atoms with Crippen LogP contribution in [0.25, 0.3) is 0 Å². The minimum Gasteiger partial charge on any atom is -0.390 e. The van der Waals surface area contributed by atoms with Crippen molar-refractivity contribution in [3.63, 3.8) is 0 Å². The zero-order valence-electron chi connectivity index (χ0n) is 19.1. The van der Waals surface area contributed by atoms with Crippen LogP contribution in [0.1, 0.15) is 78.1 Å². The number of carbonyl (C=O) groups is 1. The number of aliphatic hydroxyl groups is 1. The van der Waals surface area contributed by atoms with Crippen molar-refractivity contribution in [2.24, 2.45) is 52.8 Å². The third-order valence-electron chi connectivity index (χ3n) is 10.6. The molecular weight excluding hydrogens is 388 g/mol. The molecule has 1 aromatic heterocycles. The van der Waals surface area contributed by atoms with Gasteiger partial charge in [-0.05, 0) is 123 Å². The lowest BCUT2D eigenvalue weighted by molar-refractivity contribution is -0.134. The first kappa shape index (κ1) is 20.3. The smallest absolute Gasteiger partial charge is 0.162 e. The first-order chi connectivity index (χ1) is 14.9. The van der Waals surface area contributed by atoms with Crippen LogP contribution in [-0.2, 0) is 11.3 Å². The monoisotopic (exact) mass is 426 g/mol. The maximum atomic E-state index is 13.5. The summed E-state index contributed by atoms with van der Waals surface area (Å²) in [6, 6.07) is 0. The fourth-order valence-corrected chi connectivity index (χ4v) is 9.28. The molecule has 6 rings (SSSR count). The van der Waals surface area contributed by atoms with Crippen molar-refractivity contribution in [1.29, 1.82) is 0 Å². The van der Waals surface area contributed by atoms with E-state index in [2.05, 4.69) is 22.3 Å². The average Bonchev–Trinajstić information content (AvgIpc) is 3.34. The molecule has 0 spiro atoms. The number of nitrogens with zero attached hydrogens (tertiary/aromatic N) is 4. The Labute approximate surface area is 185 Å². The average molecular weight is 427 g/mol. The molecule has 5 aliphatic carbocycles. The number of aromatic nitrogens is 4. The fraction of sp³-hybridized carbons (Fsp3) is 0.920. The summed E-state index contributed by atoms with van der Waals surface area (Å²) in [6.45, 7) is 4.79. The Morgan fingerprint density at radius 2 is 1.77 bits per heavy atom. The lowest BCUT2D eigenvalue weighted by Gasteiger charge is -2.57. The van der Waals surface area contributed by atoms with E-state index in [4.69, 9.17) is 0 Å². The van der Waals surface area contributed by atoms with Crippen LogP contribution in [0.5, 0.6) is 0 Å². The Morgan fingerprint density at radius 1 is 1.00 bits per heavy atom. The highest BCUT2D eigenvalue weighted by Crippen LogP contribution is 2.69. The molecule has 6 heteroatoms. The van der Waals surface area contributed by atoms with E-state index >= 15 is 0 Å². The van der Waals surface area contributed by atoms with Gasteiger partial charge in [0.15, 0.2) is 12.1 Å². The Bertz CT molecular complexity index is 835. The number of tetrazole rings is 1. The molecule has 9 atom stereocenters. The molecule has 5 saturated carbocycles. The minimum absolute atomic E-state index is 0.138. The van der Waals surface area contributed by atoms with Gasteiger partial charge in [0.1, 0.15) is 6.54 Å². The lowest BCUT2D eigenvalue weighted by Crippen LogP contribution is -2.52. The SMILES string of the molecule is C[C@@]1(O)CC[C@H]2[C@H](CC[C@@H]3[C@@H]2CC[C@]2(C)[C@@H](C(=O)Cn4ncnn4)CC(C4CC4)[C@@H]32)C1. The van der Waals surface area contributed by atoms with Gasteiger partial charge in [0.05, 0.1) is 5.60 Å². The van der Waals surface area contributed by atoms with Gasteiger partial charge in [-0.15, -0.1) is 10.2 Å². The van der Waals surface area contributed by atoms with Crippen molar-refractivity contribution in [3.8, 4) is 0 Å². The van der Waals surface area contributed by atoms with Gasteiger partial charge in [0.2, 0.25) is 0 Å². The van der Waals surface area contributed by atoms with Crippen molar-refractivity contribution < 1.29 is 9.90 Å². The Hall–Kier alpha value is -1.30. The first-order valence-corrected chi connectivity index (χ1v) is 12.8. The van der Waals surface area contributed by atoms with Crippen LogP contribution in [-0.4, -0.2) is 36.7 Å². The van der Waals surface area contributed by atoms with Crippen LogP contribution < -0.4 is 0 Å². The standard InChI is InChI=1S/C25H38N4O2/c1-24(31)9-7-17-16(12-24)5-6-19-18(17)8-10-25(2)21(11-20(23(19)25)15-3-4-15)22(30)13-29-27-14-26-28-29/h14-21,23,31H,3-13H2,1-2H3/t16-,17+,18-,19-,20?,21-,23-,24-,25-/m1/s1.